The summed E-state index contributed by atoms with van der Waals surface area (Å²) in [6.07, 6.45) is 4.41. The van der Waals surface area contributed by atoms with E-state index in [1.54, 1.807) is 11.3 Å². The molecule has 0 radical (unpaired) electrons. The van der Waals surface area contributed by atoms with Crippen LogP contribution in [0.1, 0.15) is 33.9 Å². The fourth-order valence-corrected chi connectivity index (χ4v) is 4.58. The van der Waals surface area contributed by atoms with Crippen molar-refractivity contribution in [3.63, 3.8) is 0 Å². The topological polar surface area (TPSA) is 64.1 Å². The maximum Gasteiger partial charge on any atom is 0.251 e. The first-order valence-electron chi connectivity index (χ1n) is 9.52. The number of thiazole rings is 1. The Morgan fingerprint density at radius 3 is 2.97 bits per heavy atom. The second kappa shape index (κ2) is 7.29. The zero-order chi connectivity index (χ0) is 19.8. The highest BCUT2D eigenvalue weighted by molar-refractivity contribution is 7.21. The molecule has 6 heteroatoms. The van der Waals surface area contributed by atoms with Gasteiger partial charge >= 0.3 is 0 Å². The highest BCUT2D eigenvalue weighted by Crippen LogP contribution is 2.33. The Labute approximate surface area is 172 Å². The van der Waals surface area contributed by atoms with E-state index in [0.29, 0.717) is 12.2 Å². The van der Waals surface area contributed by atoms with Crippen molar-refractivity contribution in [2.45, 2.75) is 19.4 Å². The van der Waals surface area contributed by atoms with Crippen LogP contribution in [0.25, 0.3) is 20.8 Å². The third-order valence-corrected chi connectivity index (χ3v) is 6.10. The molecule has 1 atom stereocenters. The van der Waals surface area contributed by atoms with Crippen LogP contribution in [-0.4, -0.2) is 22.5 Å². The van der Waals surface area contributed by atoms with E-state index in [9.17, 15) is 4.79 Å². The quantitative estimate of drug-likeness (QED) is 0.529. The van der Waals surface area contributed by atoms with Crippen LogP contribution in [0.2, 0.25) is 0 Å². The number of hydrogen-bond acceptors (Lipinski definition) is 5. The van der Waals surface area contributed by atoms with E-state index in [2.05, 4.69) is 16.4 Å². The number of carbonyl (C=O) groups is 1. The molecule has 0 saturated carbocycles. The summed E-state index contributed by atoms with van der Waals surface area (Å²) in [7, 11) is 0. The van der Waals surface area contributed by atoms with Gasteiger partial charge in [0.15, 0.2) is 0 Å². The van der Waals surface area contributed by atoms with Crippen LogP contribution >= 0.6 is 11.3 Å². The van der Waals surface area contributed by atoms with Crippen molar-refractivity contribution in [2.75, 3.05) is 6.61 Å². The van der Waals surface area contributed by atoms with Crippen molar-refractivity contribution >= 4 is 27.5 Å². The van der Waals surface area contributed by atoms with Crippen molar-refractivity contribution in [2.24, 2.45) is 0 Å². The number of rotatable bonds is 3. The summed E-state index contributed by atoms with van der Waals surface area (Å²) < 4.78 is 6.68. The third-order valence-electron chi connectivity index (χ3n) is 5.04. The largest absolute Gasteiger partial charge is 0.493 e. The number of nitrogens with one attached hydrogen (secondary N) is 1. The average Bonchev–Trinajstić information content (AvgIpc) is 3.17. The minimum absolute atomic E-state index is 0.0430. The number of aromatic nitrogens is 2. The van der Waals surface area contributed by atoms with E-state index in [1.807, 2.05) is 61.8 Å². The van der Waals surface area contributed by atoms with Gasteiger partial charge in [0.05, 0.1) is 22.9 Å². The number of para-hydroxylation sites is 1. The average molecular weight is 401 g/mol. The minimum Gasteiger partial charge on any atom is -0.493 e. The van der Waals surface area contributed by atoms with Gasteiger partial charge in [-0.2, -0.15) is 0 Å². The van der Waals surface area contributed by atoms with Gasteiger partial charge in [-0.1, -0.05) is 18.2 Å². The first-order valence-corrected chi connectivity index (χ1v) is 10.3. The Hall–Kier alpha value is -3.25. The van der Waals surface area contributed by atoms with Crippen LogP contribution in [0, 0.1) is 6.92 Å². The molecule has 0 saturated heterocycles. The number of nitrogens with zero attached hydrogens (tertiary/aromatic N) is 2. The molecule has 4 aromatic rings. The van der Waals surface area contributed by atoms with E-state index < -0.39 is 0 Å². The first-order chi connectivity index (χ1) is 14.2. The maximum absolute atomic E-state index is 12.9. The maximum atomic E-state index is 12.9. The summed E-state index contributed by atoms with van der Waals surface area (Å²) in [4.78, 5) is 21.9. The zero-order valence-corrected chi connectivity index (χ0v) is 16.7. The summed E-state index contributed by atoms with van der Waals surface area (Å²) in [6, 6.07) is 15.6. The number of benzene rings is 2. The number of pyridine rings is 1. The van der Waals surface area contributed by atoms with E-state index in [1.165, 1.54) is 0 Å². The fraction of sp³-hybridized carbons (Fsp3) is 0.174. The molecule has 1 aliphatic rings. The highest BCUT2D eigenvalue weighted by Gasteiger charge is 2.23. The number of ether oxygens (including phenoxy) is 1. The van der Waals surface area contributed by atoms with Gasteiger partial charge in [-0.05, 0) is 42.8 Å². The van der Waals surface area contributed by atoms with Gasteiger partial charge in [-0.15, -0.1) is 11.3 Å². The molecule has 5 nitrogen and oxygen atoms in total. The minimum atomic E-state index is -0.0826. The van der Waals surface area contributed by atoms with E-state index in [0.717, 1.165) is 44.1 Å². The van der Waals surface area contributed by atoms with E-state index >= 15 is 0 Å². The van der Waals surface area contributed by atoms with Crippen LogP contribution in [0.3, 0.4) is 0 Å². The van der Waals surface area contributed by atoms with Gasteiger partial charge < -0.3 is 10.1 Å². The molecule has 5 rings (SSSR count). The first kappa shape index (κ1) is 17.8. The van der Waals surface area contributed by atoms with Crippen LogP contribution in [0.5, 0.6) is 5.75 Å². The number of aryl methyl sites for hydroxylation is 1. The molecular weight excluding hydrogens is 382 g/mol. The molecular formula is C23H19N3O2S. The molecule has 144 valence electrons. The van der Waals surface area contributed by atoms with Crippen molar-refractivity contribution < 1.29 is 9.53 Å². The van der Waals surface area contributed by atoms with Crippen LogP contribution < -0.4 is 10.1 Å². The normalized spacial score (nSPS) is 15.6. The lowest BCUT2D eigenvalue weighted by Crippen LogP contribution is -2.32. The van der Waals surface area contributed by atoms with Gasteiger partial charge in [0.2, 0.25) is 0 Å². The predicted molar refractivity (Wildman–Crippen MR) is 114 cm³/mol. The second-order valence-corrected chi connectivity index (χ2v) is 8.18. The molecule has 1 unspecified atom stereocenters. The van der Waals surface area contributed by atoms with E-state index in [-0.39, 0.29) is 11.9 Å². The monoisotopic (exact) mass is 401 g/mol. The summed E-state index contributed by atoms with van der Waals surface area (Å²) in [6.45, 7) is 2.62. The van der Waals surface area contributed by atoms with Gasteiger partial charge in [0.25, 0.3) is 5.91 Å². The summed E-state index contributed by atoms with van der Waals surface area (Å²) in [5.41, 5.74) is 4.65. The lowest BCUT2D eigenvalue weighted by atomic mass is 10.00. The van der Waals surface area contributed by atoms with Crippen LogP contribution in [-0.2, 0) is 0 Å². The Kier molecular flexibility index (Phi) is 4.48. The third kappa shape index (κ3) is 3.47. The van der Waals surface area contributed by atoms with Gasteiger partial charge in [-0.3, -0.25) is 9.78 Å². The Balaban J connectivity index is 1.41. The van der Waals surface area contributed by atoms with Crippen molar-refractivity contribution in [3.05, 3.63) is 77.6 Å². The Morgan fingerprint density at radius 2 is 2.07 bits per heavy atom. The molecule has 2 aromatic heterocycles. The molecule has 1 aliphatic heterocycles. The molecule has 0 spiro atoms. The standard InChI is InChI=1S/C23H19N3O2S/c1-14-10-16(13-24-12-14)23-26-19-7-6-15(11-21(19)29-23)22(27)25-18-8-9-28-20-5-3-2-4-17(18)20/h2-7,10-13,18H,8-9H2,1H3,(H,25,27). The lowest BCUT2D eigenvalue weighted by molar-refractivity contribution is 0.0925. The van der Waals surface area contributed by atoms with Crippen LogP contribution in [0.4, 0.5) is 0 Å². The molecule has 0 bridgehead atoms. The number of carbonyl (C=O) groups excluding carboxylic acids is 1. The van der Waals surface area contributed by atoms with Crippen LogP contribution in [0.15, 0.2) is 60.9 Å². The highest BCUT2D eigenvalue weighted by atomic mass is 32.1. The summed E-state index contributed by atoms with van der Waals surface area (Å²) >= 11 is 1.57. The Morgan fingerprint density at radius 1 is 1.17 bits per heavy atom. The summed E-state index contributed by atoms with van der Waals surface area (Å²) in [5, 5.41) is 4.07. The molecule has 1 amide bonds. The van der Waals surface area contributed by atoms with Gasteiger partial charge in [0, 0.05) is 35.5 Å². The van der Waals surface area contributed by atoms with E-state index in [4.69, 9.17) is 9.72 Å². The molecule has 0 aliphatic carbocycles. The van der Waals surface area contributed by atoms with Crippen molar-refractivity contribution in [1.29, 1.82) is 0 Å². The number of amides is 1. The SMILES string of the molecule is Cc1cncc(-c2nc3ccc(C(=O)NC4CCOc5ccccc54)cc3s2)c1. The smallest absolute Gasteiger partial charge is 0.251 e. The van der Waals surface area contributed by atoms with Crippen molar-refractivity contribution in [1.82, 2.24) is 15.3 Å². The second-order valence-electron chi connectivity index (χ2n) is 7.15. The predicted octanol–water partition coefficient (Wildman–Crippen LogP) is 4.92. The Bertz CT molecular complexity index is 1220. The van der Waals surface area contributed by atoms with Gasteiger partial charge in [0.1, 0.15) is 10.8 Å². The molecule has 3 heterocycles. The molecule has 1 N–H and O–H groups in total. The number of hydrogen-bond donors (Lipinski definition) is 1. The molecule has 0 fully saturated rings. The number of fused-ring (bicyclic) bond motifs is 2. The zero-order valence-electron chi connectivity index (χ0n) is 15.9. The fourth-order valence-electron chi connectivity index (χ4n) is 3.59. The lowest BCUT2D eigenvalue weighted by Gasteiger charge is -2.26. The molecule has 2 aromatic carbocycles. The van der Waals surface area contributed by atoms with Crippen molar-refractivity contribution in [3.8, 4) is 16.3 Å². The van der Waals surface area contributed by atoms with Gasteiger partial charge in [-0.25, -0.2) is 4.98 Å². The molecule has 29 heavy (non-hydrogen) atoms. The summed E-state index contributed by atoms with van der Waals surface area (Å²) in [5.74, 6) is 0.763.